The van der Waals surface area contributed by atoms with E-state index in [0.717, 1.165) is 5.92 Å². The van der Waals surface area contributed by atoms with Gasteiger partial charge in [0.15, 0.2) is 0 Å². The first-order valence-electron chi connectivity index (χ1n) is 4.09. The van der Waals surface area contributed by atoms with E-state index in [1.807, 2.05) is 0 Å². The highest BCUT2D eigenvalue weighted by Gasteiger charge is 2.33. The second kappa shape index (κ2) is 2.29. The first-order chi connectivity index (χ1) is 4.90. The van der Waals surface area contributed by atoms with Crippen LogP contribution in [0.2, 0.25) is 0 Å². The Balaban J connectivity index is 2.09. The molecule has 1 nitrogen and oxygen atoms in total. The van der Waals surface area contributed by atoms with Crippen LogP contribution in [0, 0.1) is 24.2 Å². The number of fused-ring (bicyclic) bond motifs is 3. The third kappa shape index (κ3) is 0.839. The number of nitrogens with one attached hydrogen (secondary N) is 1. The van der Waals surface area contributed by atoms with Crippen LogP contribution in [0.15, 0.2) is 0 Å². The Bertz CT molecular complexity index is 160. The van der Waals surface area contributed by atoms with Crippen molar-refractivity contribution in [3.63, 3.8) is 0 Å². The smallest absolute Gasteiger partial charge is 0.0356 e. The summed E-state index contributed by atoms with van der Waals surface area (Å²) in [6.07, 6.45) is 9.38. The van der Waals surface area contributed by atoms with E-state index in [-0.39, 0.29) is 0 Å². The second-order valence-corrected chi connectivity index (χ2v) is 3.47. The third-order valence-electron chi connectivity index (χ3n) is 2.84. The highest BCUT2D eigenvalue weighted by molar-refractivity contribution is 5.05. The SMILES string of the molecule is C#CC1CC2CCC1NC2. The first kappa shape index (κ1) is 6.24. The van der Waals surface area contributed by atoms with Crippen LogP contribution >= 0.6 is 0 Å². The minimum Gasteiger partial charge on any atom is -0.312 e. The third-order valence-corrected chi connectivity index (χ3v) is 2.84. The topological polar surface area (TPSA) is 12.0 Å². The van der Waals surface area contributed by atoms with Crippen molar-refractivity contribution in [2.45, 2.75) is 25.3 Å². The van der Waals surface area contributed by atoms with Gasteiger partial charge in [-0.15, -0.1) is 12.3 Å². The zero-order chi connectivity index (χ0) is 6.97. The minimum absolute atomic E-state index is 0.535. The van der Waals surface area contributed by atoms with Crippen LogP contribution in [0.25, 0.3) is 0 Å². The zero-order valence-electron chi connectivity index (χ0n) is 6.14. The molecule has 3 aliphatic rings. The molecule has 54 valence electrons. The van der Waals surface area contributed by atoms with Crippen molar-refractivity contribution < 1.29 is 0 Å². The Hall–Kier alpha value is -0.480. The van der Waals surface area contributed by atoms with Crippen LogP contribution < -0.4 is 5.32 Å². The summed E-state index contributed by atoms with van der Waals surface area (Å²) in [6, 6.07) is 0.648. The fourth-order valence-electron chi connectivity index (χ4n) is 2.19. The number of rotatable bonds is 0. The molecule has 1 heteroatoms. The van der Waals surface area contributed by atoms with Gasteiger partial charge in [0.25, 0.3) is 0 Å². The summed E-state index contributed by atoms with van der Waals surface area (Å²) >= 11 is 0. The molecule has 3 fully saturated rings. The number of hydrogen-bond donors (Lipinski definition) is 1. The average Bonchev–Trinajstić information content (AvgIpc) is 2.06. The molecule has 2 aliphatic heterocycles. The Kier molecular flexibility index (Phi) is 1.43. The Morgan fingerprint density at radius 3 is 2.60 bits per heavy atom. The summed E-state index contributed by atoms with van der Waals surface area (Å²) in [7, 11) is 0. The lowest BCUT2D eigenvalue weighted by Crippen LogP contribution is -2.49. The van der Waals surface area contributed by atoms with E-state index < -0.39 is 0 Å². The molecule has 2 heterocycles. The second-order valence-electron chi connectivity index (χ2n) is 3.47. The van der Waals surface area contributed by atoms with Crippen LogP contribution in [0.4, 0.5) is 0 Å². The molecule has 3 atom stereocenters. The van der Waals surface area contributed by atoms with Crippen molar-refractivity contribution in [1.82, 2.24) is 5.32 Å². The summed E-state index contributed by atoms with van der Waals surface area (Å²) in [5.41, 5.74) is 0. The Morgan fingerprint density at radius 1 is 1.40 bits per heavy atom. The molecule has 2 bridgehead atoms. The van der Waals surface area contributed by atoms with Gasteiger partial charge in [-0.3, -0.25) is 0 Å². The van der Waals surface area contributed by atoms with Crippen molar-refractivity contribution in [3.05, 3.63) is 0 Å². The summed E-state index contributed by atoms with van der Waals surface area (Å²) in [5, 5.41) is 3.48. The van der Waals surface area contributed by atoms with Crippen molar-refractivity contribution in [3.8, 4) is 12.3 Å². The molecular weight excluding hydrogens is 122 g/mol. The van der Waals surface area contributed by atoms with E-state index in [4.69, 9.17) is 6.42 Å². The normalized spacial score (nSPS) is 44.9. The van der Waals surface area contributed by atoms with E-state index in [2.05, 4.69) is 11.2 Å². The summed E-state index contributed by atoms with van der Waals surface area (Å²) in [5.74, 6) is 4.29. The van der Waals surface area contributed by atoms with E-state index in [1.165, 1.54) is 25.8 Å². The van der Waals surface area contributed by atoms with Crippen LogP contribution in [-0.2, 0) is 0 Å². The molecule has 1 saturated carbocycles. The van der Waals surface area contributed by atoms with E-state index >= 15 is 0 Å². The minimum atomic E-state index is 0.535. The van der Waals surface area contributed by atoms with Gasteiger partial charge in [-0.1, -0.05) is 0 Å². The highest BCUT2D eigenvalue weighted by atomic mass is 15.0. The van der Waals surface area contributed by atoms with Gasteiger partial charge in [0, 0.05) is 12.0 Å². The number of piperidine rings is 2. The van der Waals surface area contributed by atoms with Crippen LogP contribution in [0.1, 0.15) is 19.3 Å². The molecule has 0 aromatic rings. The quantitative estimate of drug-likeness (QED) is 0.489. The molecule has 0 spiro atoms. The lowest BCUT2D eigenvalue weighted by Gasteiger charge is -2.40. The van der Waals surface area contributed by atoms with Gasteiger partial charge >= 0.3 is 0 Å². The summed E-state index contributed by atoms with van der Waals surface area (Å²) in [4.78, 5) is 0. The molecule has 3 unspecified atom stereocenters. The summed E-state index contributed by atoms with van der Waals surface area (Å²) in [6.45, 7) is 1.21. The van der Waals surface area contributed by atoms with Crippen molar-refractivity contribution in [2.24, 2.45) is 11.8 Å². The Morgan fingerprint density at radius 2 is 2.30 bits per heavy atom. The molecule has 0 radical (unpaired) electrons. The predicted molar refractivity (Wildman–Crippen MR) is 41.5 cm³/mol. The molecule has 1 aliphatic carbocycles. The summed E-state index contributed by atoms with van der Waals surface area (Å²) < 4.78 is 0. The number of terminal acetylenes is 1. The van der Waals surface area contributed by atoms with Crippen LogP contribution in [0.3, 0.4) is 0 Å². The average molecular weight is 135 g/mol. The van der Waals surface area contributed by atoms with Gasteiger partial charge in [-0.25, -0.2) is 0 Å². The maximum atomic E-state index is 5.40. The molecule has 2 saturated heterocycles. The van der Waals surface area contributed by atoms with Crippen molar-refractivity contribution >= 4 is 0 Å². The maximum Gasteiger partial charge on any atom is 0.0356 e. The maximum absolute atomic E-state index is 5.40. The van der Waals surface area contributed by atoms with E-state index in [9.17, 15) is 0 Å². The fourth-order valence-corrected chi connectivity index (χ4v) is 2.19. The lowest BCUT2D eigenvalue weighted by atomic mass is 9.74. The van der Waals surface area contributed by atoms with Gasteiger partial charge in [0.05, 0.1) is 0 Å². The van der Waals surface area contributed by atoms with Gasteiger partial charge in [0.2, 0.25) is 0 Å². The molecule has 10 heavy (non-hydrogen) atoms. The largest absolute Gasteiger partial charge is 0.312 e. The standard InChI is InChI=1S/C9H13N/c1-2-8-5-7-3-4-9(8)10-6-7/h1,7-10H,3-6H2. The molecule has 3 rings (SSSR count). The van der Waals surface area contributed by atoms with Crippen LogP contribution in [-0.4, -0.2) is 12.6 Å². The predicted octanol–water partition coefficient (Wildman–Crippen LogP) is 1.01. The van der Waals surface area contributed by atoms with Crippen molar-refractivity contribution in [1.29, 1.82) is 0 Å². The molecular formula is C9H13N. The monoisotopic (exact) mass is 135 g/mol. The van der Waals surface area contributed by atoms with Gasteiger partial charge in [-0.2, -0.15) is 0 Å². The molecule has 1 N–H and O–H groups in total. The van der Waals surface area contributed by atoms with Gasteiger partial charge < -0.3 is 5.32 Å². The Labute approximate surface area is 62.2 Å². The van der Waals surface area contributed by atoms with Crippen LogP contribution in [0.5, 0.6) is 0 Å². The lowest BCUT2D eigenvalue weighted by molar-refractivity contribution is 0.172. The first-order valence-corrected chi connectivity index (χ1v) is 4.09. The van der Waals surface area contributed by atoms with E-state index in [1.54, 1.807) is 0 Å². The zero-order valence-corrected chi connectivity index (χ0v) is 6.14. The molecule has 0 aromatic carbocycles. The van der Waals surface area contributed by atoms with Gasteiger partial charge in [0.1, 0.15) is 0 Å². The fraction of sp³-hybridized carbons (Fsp3) is 0.778. The number of hydrogen-bond acceptors (Lipinski definition) is 1. The van der Waals surface area contributed by atoms with Gasteiger partial charge in [-0.05, 0) is 31.7 Å². The molecule has 0 aromatic heterocycles. The van der Waals surface area contributed by atoms with E-state index in [0.29, 0.717) is 12.0 Å². The van der Waals surface area contributed by atoms with Crippen molar-refractivity contribution in [2.75, 3.05) is 6.54 Å². The molecule has 0 amide bonds. The highest BCUT2D eigenvalue weighted by Crippen LogP contribution is 2.32.